The lowest BCUT2D eigenvalue weighted by Crippen LogP contribution is -2.48. The molecule has 2 fully saturated rings. The number of halogens is 2. The van der Waals surface area contributed by atoms with Gasteiger partial charge in [0.15, 0.2) is 0 Å². The maximum absolute atomic E-state index is 14.5. The van der Waals surface area contributed by atoms with Gasteiger partial charge in [-0.2, -0.15) is 4.31 Å². The number of carbonyl (C=O) groups excluding carboxylic acids is 1. The first-order valence-electron chi connectivity index (χ1n) is 10.9. The van der Waals surface area contributed by atoms with Crippen molar-refractivity contribution >= 4 is 27.5 Å². The van der Waals surface area contributed by atoms with Crippen molar-refractivity contribution in [3.8, 4) is 0 Å². The van der Waals surface area contributed by atoms with E-state index in [0.29, 0.717) is 44.3 Å². The van der Waals surface area contributed by atoms with Gasteiger partial charge in [-0.1, -0.05) is 30.2 Å². The Morgan fingerprint density at radius 1 is 0.906 bits per heavy atom. The first kappa shape index (κ1) is 23.2. The van der Waals surface area contributed by atoms with Gasteiger partial charge in [0.2, 0.25) is 10.0 Å². The summed E-state index contributed by atoms with van der Waals surface area (Å²) in [5, 5.41) is 0.699. The monoisotopic (exact) mass is 479 g/mol. The molecule has 172 valence electrons. The lowest BCUT2D eigenvalue weighted by molar-refractivity contribution is 0.0628. The van der Waals surface area contributed by atoms with Crippen molar-refractivity contribution in [3.63, 3.8) is 0 Å². The summed E-state index contributed by atoms with van der Waals surface area (Å²) in [7, 11) is -3.96. The molecule has 2 aromatic carbocycles. The Labute approximate surface area is 193 Å². The third-order valence-electron chi connectivity index (χ3n) is 6.09. The van der Waals surface area contributed by atoms with Crippen LogP contribution in [0, 0.1) is 5.82 Å². The zero-order valence-corrected chi connectivity index (χ0v) is 19.4. The summed E-state index contributed by atoms with van der Waals surface area (Å²) in [5.41, 5.74) is 1.36. The molecule has 0 saturated carbocycles. The van der Waals surface area contributed by atoms with Crippen LogP contribution in [0.15, 0.2) is 47.4 Å². The van der Waals surface area contributed by atoms with Gasteiger partial charge >= 0.3 is 0 Å². The smallest absolute Gasteiger partial charge is 0.253 e. The summed E-state index contributed by atoms with van der Waals surface area (Å²) in [4.78, 5) is 16.6. The standard InChI is InChI=1S/C23H27ClFN3O3S/c24-20-7-4-18(5-8-20)17-26-12-14-27(15-13-26)23(29)19-6-9-21(25)22(16-19)32(30,31)28-10-2-1-3-11-28/h4-9,16H,1-3,10-15,17H2. The van der Waals surface area contributed by atoms with E-state index in [4.69, 9.17) is 11.6 Å². The molecule has 0 aromatic heterocycles. The predicted octanol–water partition coefficient (Wildman–Crippen LogP) is 3.61. The minimum absolute atomic E-state index is 0.202. The van der Waals surface area contributed by atoms with Crippen molar-refractivity contribution in [3.05, 3.63) is 64.4 Å². The first-order chi connectivity index (χ1) is 15.3. The number of benzene rings is 2. The SMILES string of the molecule is O=C(c1ccc(F)c(S(=O)(=O)N2CCCCC2)c1)N1CCN(Cc2ccc(Cl)cc2)CC1. The molecule has 2 aromatic rings. The minimum Gasteiger partial charge on any atom is -0.336 e. The Morgan fingerprint density at radius 3 is 2.22 bits per heavy atom. The maximum Gasteiger partial charge on any atom is 0.253 e. The molecular formula is C23H27ClFN3O3S. The normalized spacial score (nSPS) is 18.6. The zero-order chi connectivity index (χ0) is 22.7. The average molecular weight is 480 g/mol. The fourth-order valence-electron chi connectivity index (χ4n) is 4.22. The van der Waals surface area contributed by atoms with E-state index >= 15 is 0 Å². The number of rotatable bonds is 5. The molecule has 0 unspecified atom stereocenters. The van der Waals surface area contributed by atoms with Gasteiger partial charge in [0.25, 0.3) is 5.91 Å². The van der Waals surface area contributed by atoms with Crippen molar-refractivity contribution < 1.29 is 17.6 Å². The van der Waals surface area contributed by atoms with E-state index in [1.807, 2.05) is 24.3 Å². The summed E-state index contributed by atoms with van der Waals surface area (Å²) in [5.74, 6) is -1.09. The average Bonchev–Trinajstić information content (AvgIpc) is 2.81. The van der Waals surface area contributed by atoms with Gasteiger partial charge in [0.1, 0.15) is 10.7 Å². The molecule has 2 saturated heterocycles. The number of amides is 1. The lowest BCUT2D eigenvalue weighted by Gasteiger charge is -2.35. The number of hydrogen-bond acceptors (Lipinski definition) is 4. The molecule has 2 aliphatic rings. The van der Waals surface area contributed by atoms with E-state index in [0.717, 1.165) is 37.4 Å². The summed E-state index contributed by atoms with van der Waals surface area (Å²) in [6.45, 7) is 4.00. The minimum atomic E-state index is -3.96. The van der Waals surface area contributed by atoms with Crippen LogP contribution in [0.2, 0.25) is 5.02 Å². The molecule has 9 heteroatoms. The Bertz CT molecular complexity index is 1060. The van der Waals surface area contributed by atoms with Gasteiger partial charge in [-0.3, -0.25) is 9.69 Å². The van der Waals surface area contributed by atoms with Crippen LogP contribution in [0.25, 0.3) is 0 Å². The van der Waals surface area contributed by atoms with Crippen LogP contribution in [0.3, 0.4) is 0 Å². The number of nitrogens with zero attached hydrogens (tertiary/aromatic N) is 3. The molecule has 0 spiro atoms. The highest BCUT2D eigenvalue weighted by atomic mass is 35.5. The number of piperidine rings is 1. The highest BCUT2D eigenvalue weighted by Crippen LogP contribution is 2.25. The molecule has 0 bridgehead atoms. The second kappa shape index (κ2) is 9.87. The highest BCUT2D eigenvalue weighted by Gasteiger charge is 2.30. The fraction of sp³-hybridized carbons (Fsp3) is 0.435. The summed E-state index contributed by atoms with van der Waals surface area (Å²) in [6, 6.07) is 11.3. The fourth-order valence-corrected chi connectivity index (χ4v) is 5.95. The largest absolute Gasteiger partial charge is 0.336 e. The predicted molar refractivity (Wildman–Crippen MR) is 122 cm³/mol. The second-order valence-corrected chi connectivity index (χ2v) is 10.6. The summed E-state index contributed by atoms with van der Waals surface area (Å²) >= 11 is 5.94. The Balaban J connectivity index is 1.42. The molecular weight excluding hydrogens is 453 g/mol. The van der Waals surface area contributed by atoms with Crippen LogP contribution < -0.4 is 0 Å². The molecule has 0 atom stereocenters. The molecule has 6 nitrogen and oxygen atoms in total. The van der Waals surface area contributed by atoms with E-state index in [1.165, 1.54) is 16.4 Å². The molecule has 0 aliphatic carbocycles. The van der Waals surface area contributed by atoms with Gasteiger partial charge < -0.3 is 4.90 Å². The van der Waals surface area contributed by atoms with Crippen LogP contribution in [0.5, 0.6) is 0 Å². The van der Waals surface area contributed by atoms with Gasteiger partial charge in [0, 0.05) is 56.4 Å². The molecule has 1 amide bonds. The van der Waals surface area contributed by atoms with Gasteiger partial charge in [-0.05, 0) is 48.7 Å². The van der Waals surface area contributed by atoms with Crippen molar-refractivity contribution in [1.82, 2.24) is 14.1 Å². The van der Waals surface area contributed by atoms with Crippen LogP contribution in [-0.4, -0.2) is 67.7 Å². The van der Waals surface area contributed by atoms with E-state index < -0.39 is 20.7 Å². The van der Waals surface area contributed by atoms with Gasteiger partial charge in [0.05, 0.1) is 0 Å². The maximum atomic E-state index is 14.5. The third-order valence-corrected chi connectivity index (χ3v) is 8.26. The van der Waals surface area contributed by atoms with Gasteiger partial charge in [-0.25, -0.2) is 12.8 Å². The van der Waals surface area contributed by atoms with Crippen molar-refractivity contribution in [2.24, 2.45) is 0 Å². The Morgan fingerprint density at radius 2 is 1.56 bits per heavy atom. The molecule has 2 aliphatic heterocycles. The summed E-state index contributed by atoms with van der Waals surface area (Å²) in [6.07, 6.45) is 2.50. The first-order valence-corrected chi connectivity index (χ1v) is 12.7. The number of sulfonamides is 1. The zero-order valence-electron chi connectivity index (χ0n) is 17.8. The molecule has 2 heterocycles. The van der Waals surface area contributed by atoms with Crippen LogP contribution in [0.1, 0.15) is 35.2 Å². The van der Waals surface area contributed by atoms with E-state index in [2.05, 4.69) is 4.90 Å². The molecule has 0 N–H and O–H groups in total. The summed E-state index contributed by atoms with van der Waals surface area (Å²) < 4.78 is 41.7. The van der Waals surface area contributed by atoms with Crippen molar-refractivity contribution in [1.29, 1.82) is 0 Å². The highest BCUT2D eigenvalue weighted by molar-refractivity contribution is 7.89. The molecule has 0 radical (unpaired) electrons. The lowest BCUT2D eigenvalue weighted by atomic mass is 10.1. The van der Waals surface area contributed by atoms with Crippen LogP contribution in [0.4, 0.5) is 4.39 Å². The van der Waals surface area contributed by atoms with Crippen LogP contribution in [-0.2, 0) is 16.6 Å². The number of carbonyl (C=O) groups is 1. The van der Waals surface area contributed by atoms with Gasteiger partial charge in [-0.15, -0.1) is 0 Å². The molecule has 4 rings (SSSR count). The Hall–Kier alpha value is -2.00. The number of piperazine rings is 1. The van der Waals surface area contributed by atoms with Crippen molar-refractivity contribution in [2.75, 3.05) is 39.3 Å². The second-order valence-electron chi connectivity index (χ2n) is 8.30. The third kappa shape index (κ3) is 5.14. The van der Waals surface area contributed by atoms with E-state index in [-0.39, 0.29) is 11.5 Å². The van der Waals surface area contributed by atoms with E-state index in [1.54, 1.807) is 4.90 Å². The van der Waals surface area contributed by atoms with Crippen molar-refractivity contribution in [2.45, 2.75) is 30.7 Å². The van der Waals surface area contributed by atoms with E-state index in [9.17, 15) is 17.6 Å². The van der Waals surface area contributed by atoms with Crippen LogP contribution >= 0.6 is 11.6 Å². The number of hydrogen-bond donors (Lipinski definition) is 0. The quantitative estimate of drug-likeness (QED) is 0.657. The molecule has 32 heavy (non-hydrogen) atoms. The topological polar surface area (TPSA) is 60.9 Å². The Kier molecular flexibility index (Phi) is 7.14.